The van der Waals surface area contributed by atoms with Crippen molar-refractivity contribution in [1.82, 2.24) is 9.80 Å². The minimum atomic E-state index is 0. The molecule has 2 aliphatic rings. The number of hydrogen-bond donors (Lipinski definition) is 0. The van der Waals surface area contributed by atoms with Gasteiger partial charge in [-0.15, -0.1) is 0 Å². The molecule has 0 N–H and O–H groups in total. The molecule has 0 aromatic carbocycles. The van der Waals surface area contributed by atoms with Crippen LogP contribution in [0, 0.1) is 0 Å². The van der Waals surface area contributed by atoms with Crippen LogP contribution in [0.4, 0.5) is 0 Å². The smallest absolute Gasteiger partial charge is 0.00386 e. The summed E-state index contributed by atoms with van der Waals surface area (Å²) >= 11 is 0. The van der Waals surface area contributed by atoms with Crippen LogP contribution in [0.3, 0.4) is 0 Å². The summed E-state index contributed by atoms with van der Waals surface area (Å²) in [5.41, 5.74) is 0. The summed E-state index contributed by atoms with van der Waals surface area (Å²) in [6.07, 6.45) is 5.69. The quantitative estimate of drug-likeness (QED) is 0.648. The van der Waals surface area contributed by atoms with Gasteiger partial charge in [0.05, 0.1) is 0 Å². The molecule has 2 fully saturated rings. The normalized spacial score (nSPS) is 18.0. The third-order valence-electron chi connectivity index (χ3n) is 3.74. The Labute approximate surface area is 137 Å². The van der Waals surface area contributed by atoms with E-state index in [0.29, 0.717) is 0 Å². The first-order chi connectivity index (χ1) is 9.61. The van der Waals surface area contributed by atoms with Crippen molar-refractivity contribution < 1.29 is 0 Å². The molecule has 0 amide bonds. The Morgan fingerprint density at radius 1 is 0.524 bits per heavy atom. The second-order valence-electron chi connectivity index (χ2n) is 5.67. The molecule has 2 nitrogen and oxygen atoms in total. The van der Waals surface area contributed by atoms with Crippen LogP contribution in [0.5, 0.6) is 0 Å². The summed E-state index contributed by atoms with van der Waals surface area (Å²) in [7, 11) is 0. The van der Waals surface area contributed by atoms with Gasteiger partial charge in [-0.3, -0.25) is 0 Å². The van der Waals surface area contributed by atoms with Crippen LogP contribution in [0.25, 0.3) is 0 Å². The van der Waals surface area contributed by atoms with Gasteiger partial charge in [-0.2, -0.15) is 0 Å². The lowest BCUT2D eigenvalue weighted by Crippen LogP contribution is -2.41. The Morgan fingerprint density at radius 3 is 0.952 bits per heavy atom. The van der Waals surface area contributed by atoms with Crippen molar-refractivity contribution in [3.8, 4) is 0 Å². The van der Waals surface area contributed by atoms with Gasteiger partial charge in [-0.25, -0.2) is 0 Å². The van der Waals surface area contributed by atoms with Crippen LogP contribution in [0.1, 0.15) is 88.5 Å². The molecule has 2 rings (SSSR count). The first kappa shape index (κ1) is 25.9. The molecule has 0 unspecified atom stereocenters. The van der Waals surface area contributed by atoms with Crippen LogP contribution in [0.2, 0.25) is 0 Å². The van der Waals surface area contributed by atoms with E-state index in [4.69, 9.17) is 0 Å². The van der Waals surface area contributed by atoms with Gasteiger partial charge in [0, 0.05) is 12.1 Å². The van der Waals surface area contributed by atoms with Gasteiger partial charge in [-0.05, 0) is 73.1 Å². The van der Waals surface area contributed by atoms with Gasteiger partial charge in [0.2, 0.25) is 0 Å². The van der Waals surface area contributed by atoms with E-state index in [1.165, 1.54) is 51.9 Å². The van der Waals surface area contributed by atoms with Gasteiger partial charge in [0.1, 0.15) is 0 Å². The second kappa shape index (κ2) is 18.0. The van der Waals surface area contributed by atoms with Crippen molar-refractivity contribution >= 4 is 0 Å². The zero-order chi connectivity index (χ0) is 16.0. The van der Waals surface area contributed by atoms with Gasteiger partial charge in [0.25, 0.3) is 0 Å². The maximum atomic E-state index is 2.56. The van der Waals surface area contributed by atoms with E-state index in [0.717, 1.165) is 12.1 Å². The van der Waals surface area contributed by atoms with Crippen molar-refractivity contribution in [2.24, 2.45) is 0 Å². The third-order valence-corrected chi connectivity index (χ3v) is 3.74. The summed E-state index contributed by atoms with van der Waals surface area (Å²) in [6, 6.07) is 1.55. The molecule has 0 saturated carbocycles. The minimum absolute atomic E-state index is 0. The van der Waals surface area contributed by atoms with Crippen LogP contribution < -0.4 is 0 Å². The zero-order valence-corrected chi connectivity index (χ0v) is 15.7. The highest BCUT2D eigenvalue weighted by Gasteiger charge is 2.15. The fourth-order valence-electron chi connectivity index (χ4n) is 2.29. The first-order valence-corrected chi connectivity index (χ1v) is 9.09. The van der Waals surface area contributed by atoms with Crippen molar-refractivity contribution in [3.05, 3.63) is 0 Å². The van der Waals surface area contributed by atoms with E-state index < -0.39 is 0 Å². The Balaban J connectivity index is -0.000000244. The fourth-order valence-corrected chi connectivity index (χ4v) is 2.29. The van der Waals surface area contributed by atoms with Crippen LogP contribution in [-0.4, -0.2) is 48.1 Å². The average Bonchev–Trinajstić information content (AvgIpc) is 2.42. The van der Waals surface area contributed by atoms with E-state index >= 15 is 0 Å². The second-order valence-corrected chi connectivity index (χ2v) is 5.67. The highest BCUT2D eigenvalue weighted by atomic mass is 15.2. The molecule has 0 atom stereocenters. The van der Waals surface area contributed by atoms with Crippen LogP contribution in [-0.2, 0) is 0 Å². The largest absolute Gasteiger partial charge is 0.301 e. The molecule has 0 aromatic rings. The molecule has 2 heterocycles. The number of nitrogens with zero attached hydrogens (tertiary/aromatic N) is 2. The molecule has 0 aliphatic carbocycles. The lowest BCUT2D eigenvalue weighted by Gasteiger charge is -2.34. The summed E-state index contributed by atoms with van der Waals surface area (Å²) in [5, 5.41) is 0. The number of hydrogen-bond acceptors (Lipinski definition) is 2. The van der Waals surface area contributed by atoms with E-state index in [2.05, 4.69) is 37.5 Å². The predicted octanol–water partition coefficient (Wildman–Crippen LogP) is 5.67. The fraction of sp³-hybridized carbons (Fsp3) is 1.00. The Kier molecular flexibility index (Phi) is 22.1. The van der Waals surface area contributed by atoms with E-state index in [9.17, 15) is 0 Å². The monoisotopic (exact) mass is 302 g/mol. The number of piperidine rings is 1. The predicted molar refractivity (Wildman–Crippen MR) is 101 cm³/mol. The van der Waals surface area contributed by atoms with E-state index in [-0.39, 0.29) is 7.43 Å². The van der Waals surface area contributed by atoms with Gasteiger partial charge in [0.15, 0.2) is 0 Å². The minimum Gasteiger partial charge on any atom is -0.301 e. The zero-order valence-electron chi connectivity index (χ0n) is 15.7. The number of likely N-dealkylation sites (tertiary alicyclic amines) is 2. The highest BCUT2D eigenvalue weighted by Crippen LogP contribution is 2.10. The SMILES string of the molecule is C.CC.CC.CC(C)N1CCC1.CC(C)N1CCCCC1. The maximum Gasteiger partial charge on any atom is 0.00386 e. The molecule has 132 valence electrons. The van der Waals surface area contributed by atoms with Crippen LogP contribution in [0.15, 0.2) is 0 Å². The molecule has 0 radical (unpaired) electrons. The average molecular weight is 303 g/mol. The van der Waals surface area contributed by atoms with Gasteiger partial charge >= 0.3 is 0 Å². The summed E-state index contributed by atoms with van der Waals surface area (Å²) in [5.74, 6) is 0. The Bertz CT molecular complexity index is 168. The molecule has 0 aromatic heterocycles. The van der Waals surface area contributed by atoms with Crippen LogP contribution >= 0.6 is 0 Å². The highest BCUT2D eigenvalue weighted by molar-refractivity contribution is 4.71. The molecule has 2 aliphatic heterocycles. The molecular weight excluding hydrogens is 256 g/mol. The topological polar surface area (TPSA) is 6.48 Å². The molecule has 0 spiro atoms. The van der Waals surface area contributed by atoms with Crippen molar-refractivity contribution in [1.29, 1.82) is 0 Å². The first-order valence-electron chi connectivity index (χ1n) is 9.09. The molecule has 2 heteroatoms. The molecule has 2 saturated heterocycles. The maximum absolute atomic E-state index is 2.56. The summed E-state index contributed by atoms with van der Waals surface area (Å²) in [6.45, 7) is 22.4. The van der Waals surface area contributed by atoms with Gasteiger partial charge < -0.3 is 9.80 Å². The van der Waals surface area contributed by atoms with Crippen molar-refractivity contribution in [3.63, 3.8) is 0 Å². The lowest BCUT2D eigenvalue weighted by atomic mass is 10.1. The Morgan fingerprint density at radius 2 is 0.810 bits per heavy atom. The van der Waals surface area contributed by atoms with E-state index in [1.807, 2.05) is 27.7 Å². The van der Waals surface area contributed by atoms with Crippen molar-refractivity contribution in [2.75, 3.05) is 26.2 Å². The summed E-state index contributed by atoms with van der Waals surface area (Å²) < 4.78 is 0. The Hall–Kier alpha value is -0.0800. The molecular formula is C19H46N2. The molecule has 21 heavy (non-hydrogen) atoms. The van der Waals surface area contributed by atoms with Crippen molar-refractivity contribution in [2.45, 2.75) is 101 Å². The third kappa shape index (κ3) is 13.3. The summed E-state index contributed by atoms with van der Waals surface area (Å²) in [4.78, 5) is 5.03. The van der Waals surface area contributed by atoms with Gasteiger partial charge in [-0.1, -0.05) is 41.5 Å². The molecule has 0 bridgehead atoms. The van der Waals surface area contributed by atoms with E-state index in [1.54, 1.807) is 0 Å². The lowest BCUT2D eigenvalue weighted by molar-refractivity contribution is 0.138. The number of rotatable bonds is 2. The standard InChI is InChI=1S/C8H17N.C6H13N.2C2H6.CH4/c1-8(2)9-6-4-3-5-7-9;1-6(2)7-4-3-5-7;2*1-2;/h8H,3-7H2,1-2H3;6H,3-5H2,1-2H3;2*1-2H3;1H4.